The molecule has 0 aliphatic carbocycles. The summed E-state index contributed by atoms with van der Waals surface area (Å²) in [5.41, 5.74) is 1.48. The highest BCUT2D eigenvalue weighted by Crippen LogP contribution is 2.35. The summed E-state index contributed by atoms with van der Waals surface area (Å²) in [7, 11) is 3.91. The fraction of sp³-hybridized carbons (Fsp3) is 0.226. The molecule has 2 aliphatic heterocycles. The summed E-state index contributed by atoms with van der Waals surface area (Å²) in [5.74, 6) is -2.39. The number of para-hydroxylation sites is 1. The number of ether oxygens (including phenoxy) is 1. The fourth-order valence-electron chi connectivity index (χ4n) is 5.30. The van der Waals surface area contributed by atoms with E-state index >= 15 is 0 Å². The van der Waals surface area contributed by atoms with Crippen LogP contribution in [0.4, 0.5) is 14.5 Å². The maximum Gasteiger partial charge on any atom is 0.269 e. The lowest BCUT2D eigenvalue weighted by Crippen LogP contribution is -2.42. The maximum absolute atomic E-state index is 15.0. The molecule has 0 unspecified atom stereocenters. The van der Waals surface area contributed by atoms with Crippen molar-refractivity contribution in [1.82, 2.24) is 20.0 Å². The zero-order chi connectivity index (χ0) is 29.4. The number of aromatic nitrogens is 2. The van der Waals surface area contributed by atoms with Gasteiger partial charge in [0.1, 0.15) is 22.9 Å². The first-order chi connectivity index (χ1) is 20.3. The van der Waals surface area contributed by atoms with Crippen LogP contribution in [-0.4, -0.2) is 65.6 Å². The minimum Gasteiger partial charge on any atom is -0.477 e. The van der Waals surface area contributed by atoms with E-state index in [0.29, 0.717) is 30.0 Å². The number of anilines is 1. The van der Waals surface area contributed by atoms with Crippen molar-refractivity contribution in [1.29, 1.82) is 0 Å². The van der Waals surface area contributed by atoms with E-state index in [2.05, 4.69) is 20.7 Å². The molecule has 0 saturated carbocycles. The molecular formula is C31H28F2N6O3. The molecule has 42 heavy (non-hydrogen) atoms. The Morgan fingerprint density at radius 3 is 2.50 bits per heavy atom. The van der Waals surface area contributed by atoms with E-state index in [1.807, 2.05) is 25.1 Å². The van der Waals surface area contributed by atoms with E-state index in [1.165, 1.54) is 24.3 Å². The number of amides is 2. The molecule has 2 N–H and O–H groups in total. The van der Waals surface area contributed by atoms with Crippen LogP contribution < -0.4 is 15.4 Å². The van der Waals surface area contributed by atoms with E-state index in [0.717, 1.165) is 6.54 Å². The Balaban J connectivity index is 1.41. The van der Waals surface area contributed by atoms with Crippen molar-refractivity contribution in [3.63, 3.8) is 0 Å². The molecular weight excluding hydrogens is 542 g/mol. The molecule has 0 spiro atoms. The van der Waals surface area contributed by atoms with Crippen molar-refractivity contribution in [3.8, 4) is 17.1 Å². The summed E-state index contributed by atoms with van der Waals surface area (Å²) in [4.78, 5) is 33.9. The number of hydrogen-bond donors (Lipinski definition) is 2. The van der Waals surface area contributed by atoms with Gasteiger partial charge in [0.05, 0.1) is 24.6 Å². The first kappa shape index (κ1) is 27.3. The van der Waals surface area contributed by atoms with Gasteiger partial charge in [0.2, 0.25) is 12.0 Å². The number of carbonyl (C=O) groups is 2. The van der Waals surface area contributed by atoms with Gasteiger partial charge in [-0.3, -0.25) is 9.59 Å². The third-order valence-corrected chi connectivity index (χ3v) is 7.11. The Morgan fingerprint density at radius 1 is 1.02 bits per heavy atom. The van der Waals surface area contributed by atoms with Gasteiger partial charge in [-0.15, -0.1) is 0 Å². The first-order valence-corrected chi connectivity index (χ1v) is 13.5. The average Bonchev–Trinajstić information content (AvgIpc) is 3.28. The van der Waals surface area contributed by atoms with Gasteiger partial charge in [-0.2, -0.15) is 5.10 Å². The molecule has 0 fully saturated rings. The van der Waals surface area contributed by atoms with Crippen LogP contribution in [-0.2, 0) is 11.3 Å². The summed E-state index contributed by atoms with van der Waals surface area (Å²) in [6.45, 7) is 1.51. The van der Waals surface area contributed by atoms with Crippen molar-refractivity contribution in [3.05, 3.63) is 101 Å². The number of fused-ring (bicyclic) bond motifs is 2. The molecule has 0 bridgehead atoms. The second-order valence-corrected chi connectivity index (χ2v) is 10.5. The van der Waals surface area contributed by atoms with Crippen molar-refractivity contribution < 1.29 is 23.1 Å². The SMILES string of the molecule is CN(C)C[C@H]1COc2c(C(=O)N[C@H]3N=C(c4ccccc4)c4cccc(F)c4NC3=O)c(-c3ccccc3F)nn2C1. The van der Waals surface area contributed by atoms with Crippen LogP contribution in [0.15, 0.2) is 77.8 Å². The summed E-state index contributed by atoms with van der Waals surface area (Å²) in [6.07, 6.45) is -1.44. The van der Waals surface area contributed by atoms with Gasteiger partial charge in [0.25, 0.3) is 11.8 Å². The van der Waals surface area contributed by atoms with E-state index < -0.39 is 29.6 Å². The monoisotopic (exact) mass is 570 g/mol. The molecule has 3 heterocycles. The van der Waals surface area contributed by atoms with Gasteiger partial charge in [0.15, 0.2) is 0 Å². The third kappa shape index (κ3) is 5.14. The standard InChI is InChI=1S/C31H28F2N6O3/c1-38(2)15-18-16-39-31(42-17-18)24(27(37-39)20-11-6-7-13-22(20)32)29(40)36-28-30(41)35-26-21(12-8-14-23(26)33)25(34-28)19-9-4-3-5-10-19/h3-14,18,28H,15-17H2,1-2H3,(H,35,41)(H,36,40)/t18-,28-/m1/s1. The fourth-order valence-corrected chi connectivity index (χ4v) is 5.30. The Hall–Kier alpha value is -4.90. The van der Waals surface area contributed by atoms with Gasteiger partial charge in [-0.1, -0.05) is 54.6 Å². The number of carbonyl (C=O) groups excluding carboxylic acids is 2. The van der Waals surface area contributed by atoms with Crippen LogP contribution in [0.25, 0.3) is 11.3 Å². The lowest BCUT2D eigenvalue weighted by atomic mass is 10.0. The summed E-state index contributed by atoms with van der Waals surface area (Å²) in [6, 6.07) is 19.4. The zero-order valence-corrected chi connectivity index (χ0v) is 23.0. The Kier molecular flexibility index (Phi) is 7.26. The lowest BCUT2D eigenvalue weighted by molar-refractivity contribution is -0.117. The number of rotatable bonds is 6. The zero-order valence-electron chi connectivity index (χ0n) is 23.0. The molecule has 9 nitrogen and oxygen atoms in total. The van der Waals surface area contributed by atoms with Gasteiger partial charge in [-0.25, -0.2) is 18.5 Å². The summed E-state index contributed by atoms with van der Waals surface area (Å²) >= 11 is 0. The van der Waals surface area contributed by atoms with E-state index in [-0.39, 0.29) is 34.3 Å². The number of nitrogens with one attached hydrogen (secondary N) is 2. The molecule has 0 saturated heterocycles. The third-order valence-electron chi connectivity index (χ3n) is 7.11. The van der Waals surface area contributed by atoms with E-state index in [1.54, 1.807) is 47.1 Å². The molecule has 2 atom stereocenters. The second kappa shape index (κ2) is 11.2. The number of halogens is 2. The summed E-state index contributed by atoms with van der Waals surface area (Å²) < 4.78 is 37.5. The average molecular weight is 571 g/mol. The molecule has 11 heteroatoms. The van der Waals surface area contributed by atoms with Gasteiger partial charge in [-0.05, 0) is 32.3 Å². The molecule has 1 aromatic heterocycles. The smallest absolute Gasteiger partial charge is 0.269 e. The normalized spacial score (nSPS) is 17.8. The van der Waals surface area contributed by atoms with Crippen LogP contribution in [0.1, 0.15) is 21.5 Å². The second-order valence-electron chi connectivity index (χ2n) is 10.5. The van der Waals surface area contributed by atoms with Crippen LogP contribution in [0, 0.1) is 17.6 Å². The first-order valence-electron chi connectivity index (χ1n) is 13.5. The lowest BCUT2D eigenvalue weighted by Gasteiger charge is -2.26. The van der Waals surface area contributed by atoms with E-state index in [4.69, 9.17) is 4.74 Å². The number of nitrogens with zero attached hydrogens (tertiary/aromatic N) is 4. The molecule has 3 aromatic carbocycles. The quantitative estimate of drug-likeness (QED) is 0.366. The van der Waals surface area contributed by atoms with Crippen LogP contribution in [0.3, 0.4) is 0 Å². The highest BCUT2D eigenvalue weighted by molar-refractivity contribution is 6.20. The highest BCUT2D eigenvalue weighted by atomic mass is 19.1. The highest BCUT2D eigenvalue weighted by Gasteiger charge is 2.35. The molecule has 4 aromatic rings. The molecule has 214 valence electrons. The molecule has 2 amide bonds. The van der Waals surface area contributed by atoms with Crippen LogP contribution >= 0.6 is 0 Å². The number of aliphatic imine (C=N–C) groups is 1. The maximum atomic E-state index is 15.0. The van der Waals surface area contributed by atoms with Crippen LogP contribution in [0.5, 0.6) is 5.88 Å². The van der Waals surface area contributed by atoms with Crippen molar-refractivity contribution in [2.24, 2.45) is 10.9 Å². The minimum atomic E-state index is -1.44. The van der Waals surface area contributed by atoms with Gasteiger partial charge >= 0.3 is 0 Å². The van der Waals surface area contributed by atoms with Crippen molar-refractivity contribution >= 4 is 23.2 Å². The van der Waals surface area contributed by atoms with Crippen molar-refractivity contribution in [2.75, 3.05) is 32.6 Å². The Bertz CT molecular complexity index is 1700. The van der Waals surface area contributed by atoms with Crippen LogP contribution in [0.2, 0.25) is 0 Å². The Morgan fingerprint density at radius 2 is 1.74 bits per heavy atom. The molecule has 0 radical (unpaired) electrons. The number of hydrogen-bond acceptors (Lipinski definition) is 6. The minimum absolute atomic E-state index is 0.0133. The Labute approximate surface area is 240 Å². The van der Waals surface area contributed by atoms with Gasteiger partial charge in [0, 0.05) is 29.2 Å². The predicted octanol–water partition coefficient (Wildman–Crippen LogP) is 3.94. The number of benzodiazepines with no additional fused rings is 1. The molecule has 6 rings (SSSR count). The summed E-state index contributed by atoms with van der Waals surface area (Å²) in [5, 5.41) is 9.82. The van der Waals surface area contributed by atoms with E-state index in [9.17, 15) is 18.4 Å². The number of benzene rings is 3. The van der Waals surface area contributed by atoms with Crippen molar-refractivity contribution in [2.45, 2.75) is 12.7 Å². The largest absolute Gasteiger partial charge is 0.477 e. The van der Waals surface area contributed by atoms with Gasteiger partial charge < -0.3 is 20.3 Å². The molecule has 2 aliphatic rings. The predicted molar refractivity (Wildman–Crippen MR) is 154 cm³/mol. The topological polar surface area (TPSA) is 101 Å².